The minimum atomic E-state index is -1.18. The molecule has 0 amide bonds. The van der Waals surface area contributed by atoms with Crippen molar-refractivity contribution in [3.63, 3.8) is 0 Å². The summed E-state index contributed by atoms with van der Waals surface area (Å²) in [7, 11) is 0. The summed E-state index contributed by atoms with van der Waals surface area (Å²) in [5, 5.41) is 28.2. The summed E-state index contributed by atoms with van der Waals surface area (Å²) in [4.78, 5) is 23.8. The standard InChI is InChI=1S/C18H14O6/c19-12-5-1-10(2-6-12)9-14-15(17(21)22)16(24-18(14)23)11-3-7-13(20)8-4-11/h1-9,15-16,19-20H,(H,21,22)/b14-9+/t15-,16+/m0/s1. The minimum Gasteiger partial charge on any atom is -0.508 e. The first-order chi connectivity index (χ1) is 11.5. The first kappa shape index (κ1) is 15.6. The van der Waals surface area contributed by atoms with Gasteiger partial charge in [0.25, 0.3) is 0 Å². The quantitative estimate of drug-likeness (QED) is 0.591. The first-order valence-electron chi connectivity index (χ1n) is 7.19. The third-order valence-electron chi connectivity index (χ3n) is 3.81. The number of benzene rings is 2. The van der Waals surface area contributed by atoms with Gasteiger partial charge in [0.05, 0.1) is 5.57 Å². The molecule has 0 spiro atoms. The number of phenolic OH excluding ortho intramolecular Hbond substituents is 2. The average molecular weight is 326 g/mol. The van der Waals surface area contributed by atoms with Gasteiger partial charge in [0, 0.05) is 0 Å². The van der Waals surface area contributed by atoms with Crippen molar-refractivity contribution in [1.29, 1.82) is 0 Å². The fourth-order valence-corrected chi connectivity index (χ4v) is 2.63. The number of rotatable bonds is 3. The lowest BCUT2D eigenvalue weighted by Crippen LogP contribution is -2.19. The highest BCUT2D eigenvalue weighted by Gasteiger charge is 2.45. The van der Waals surface area contributed by atoms with Crippen LogP contribution in [0.4, 0.5) is 0 Å². The highest BCUT2D eigenvalue weighted by Crippen LogP contribution is 2.40. The van der Waals surface area contributed by atoms with Crippen molar-refractivity contribution in [3.8, 4) is 11.5 Å². The van der Waals surface area contributed by atoms with Gasteiger partial charge in [0.15, 0.2) is 0 Å². The number of carboxylic acid groups (broad SMARTS) is 1. The van der Waals surface area contributed by atoms with Crippen LogP contribution in [0.2, 0.25) is 0 Å². The maximum Gasteiger partial charge on any atom is 0.335 e. The lowest BCUT2D eigenvalue weighted by atomic mass is 9.90. The highest BCUT2D eigenvalue weighted by molar-refractivity contribution is 6.02. The topological polar surface area (TPSA) is 104 Å². The van der Waals surface area contributed by atoms with Gasteiger partial charge in [-0.1, -0.05) is 24.3 Å². The van der Waals surface area contributed by atoms with E-state index in [2.05, 4.69) is 0 Å². The predicted octanol–water partition coefficient (Wildman–Crippen LogP) is 2.48. The fourth-order valence-electron chi connectivity index (χ4n) is 2.63. The van der Waals surface area contributed by atoms with Gasteiger partial charge in [-0.3, -0.25) is 4.79 Å². The van der Waals surface area contributed by atoms with Crippen LogP contribution in [0.25, 0.3) is 6.08 Å². The van der Waals surface area contributed by atoms with Crippen LogP contribution in [-0.4, -0.2) is 27.3 Å². The molecule has 0 radical (unpaired) electrons. The maximum atomic E-state index is 12.2. The second kappa shape index (κ2) is 6.08. The van der Waals surface area contributed by atoms with E-state index in [0.29, 0.717) is 11.1 Å². The third-order valence-corrected chi connectivity index (χ3v) is 3.81. The number of hydrogen-bond donors (Lipinski definition) is 3. The average Bonchev–Trinajstić information content (AvgIpc) is 2.87. The molecule has 122 valence electrons. The molecule has 2 atom stereocenters. The summed E-state index contributed by atoms with van der Waals surface area (Å²) in [5.41, 5.74) is 1.10. The Balaban J connectivity index is 2.00. The van der Waals surface area contributed by atoms with Gasteiger partial charge in [-0.05, 0) is 41.5 Å². The second-order valence-corrected chi connectivity index (χ2v) is 5.42. The Morgan fingerprint density at radius 3 is 2.04 bits per heavy atom. The second-order valence-electron chi connectivity index (χ2n) is 5.42. The molecular weight excluding hydrogens is 312 g/mol. The van der Waals surface area contributed by atoms with Crippen LogP contribution in [0.5, 0.6) is 11.5 Å². The zero-order valence-corrected chi connectivity index (χ0v) is 12.4. The highest BCUT2D eigenvalue weighted by atomic mass is 16.6. The lowest BCUT2D eigenvalue weighted by Gasteiger charge is -2.14. The van der Waals surface area contributed by atoms with E-state index in [1.807, 2.05) is 0 Å². The molecule has 0 bridgehead atoms. The van der Waals surface area contributed by atoms with Gasteiger partial charge >= 0.3 is 11.9 Å². The van der Waals surface area contributed by atoms with Crippen molar-refractivity contribution in [3.05, 3.63) is 65.2 Å². The van der Waals surface area contributed by atoms with E-state index in [4.69, 9.17) is 4.74 Å². The number of carbonyl (C=O) groups excluding carboxylic acids is 1. The van der Waals surface area contributed by atoms with Gasteiger partial charge in [-0.15, -0.1) is 0 Å². The van der Waals surface area contributed by atoms with Crippen LogP contribution >= 0.6 is 0 Å². The molecule has 3 N–H and O–H groups in total. The first-order valence-corrected chi connectivity index (χ1v) is 7.19. The van der Waals surface area contributed by atoms with E-state index in [-0.39, 0.29) is 17.1 Å². The number of carbonyl (C=O) groups is 2. The van der Waals surface area contributed by atoms with Crippen molar-refractivity contribution in [2.75, 3.05) is 0 Å². The summed E-state index contributed by atoms with van der Waals surface area (Å²) in [5.74, 6) is -2.92. The van der Waals surface area contributed by atoms with Gasteiger partial charge < -0.3 is 20.1 Å². The summed E-state index contributed by atoms with van der Waals surface area (Å²) in [6.07, 6.45) is 0.486. The molecule has 1 heterocycles. The molecule has 0 saturated carbocycles. The number of aromatic hydroxyl groups is 2. The van der Waals surface area contributed by atoms with Crippen LogP contribution in [-0.2, 0) is 14.3 Å². The molecule has 0 aromatic heterocycles. The minimum absolute atomic E-state index is 0.0336. The number of hydrogen-bond acceptors (Lipinski definition) is 5. The van der Waals surface area contributed by atoms with E-state index in [1.54, 1.807) is 12.1 Å². The Labute approximate surface area is 137 Å². The molecule has 3 rings (SSSR count). The fraction of sp³-hybridized carbons (Fsp3) is 0.111. The number of aliphatic carboxylic acids is 1. The molecule has 24 heavy (non-hydrogen) atoms. The maximum absolute atomic E-state index is 12.2. The third kappa shape index (κ3) is 2.94. The summed E-state index contributed by atoms with van der Waals surface area (Å²) < 4.78 is 5.25. The summed E-state index contributed by atoms with van der Waals surface area (Å²) in [6, 6.07) is 11.9. The molecular formula is C18H14O6. The molecule has 0 unspecified atom stereocenters. The van der Waals surface area contributed by atoms with Gasteiger partial charge in [-0.2, -0.15) is 0 Å². The molecule has 1 saturated heterocycles. The van der Waals surface area contributed by atoms with E-state index >= 15 is 0 Å². The molecule has 1 fully saturated rings. The number of ether oxygens (including phenoxy) is 1. The summed E-state index contributed by atoms with van der Waals surface area (Å²) >= 11 is 0. The Morgan fingerprint density at radius 1 is 0.958 bits per heavy atom. The van der Waals surface area contributed by atoms with Crippen LogP contribution in [0.1, 0.15) is 17.2 Å². The molecule has 6 nitrogen and oxygen atoms in total. The smallest absolute Gasteiger partial charge is 0.335 e. The van der Waals surface area contributed by atoms with E-state index in [0.717, 1.165) is 0 Å². The molecule has 2 aromatic carbocycles. The monoisotopic (exact) mass is 326 g/mol. The predicted molar refractivity (Wildman–Crippen MR) is 84.1 cm³/mol. The van der Waals surface area contributed by atoms with Crippen molar-refractivity contribution in [1.82, 2.24) is 0 Å². The normalized spacial score (nSPS) is 21.7. The van der Waals surface area contributed by atoms with Crippen LogP contribution in [0, 0.1) is 5.92 Å². The van der Waals surface area contributed by atoms with Gasteiger partial charge in [-0.25, -0.2) is 4.79 Å². The van der Waals surface area contributed by atoms with Crippen LogP contribution in [0.3, 0.4) is 0 Å². The zero-order valence-electron chi connectivity index (χ0n) is 12.4. The number of phenols is 2. The molecule has 1 aliphatic heterocycles. The van der Waals surface area contributed by atoms with Gasteiger partial charge in [0.2, 0.25) is 0 Å². The van der Waals surface area contributed by atoms with Gasteiger partial charge in [0.1, 0.15) is 23.5 Å². The Bertz CT molecular complexity index is 804. The van der Waals surface area contributed by atoms with E-state index < -0.39 is 24.0 Å². The Morgan fingerprint density at radius 2 is 1.50 bits per heavy atom. The van der Waals surface area contributed by atoms with Crippen LogP contribution < -0.4 is 0 Å². The largest absolute Gasteiger partial charge is 0.508 e. The zero-order chi connectivity index (χ0) is 17.3. The number of esters is 1. The molecule has 2 aromatic rings. The van der Waals surface area contributed by atoms with E-state index in [9.17, 15) is 24.9 Å². The van der Waals surface area contributed by atoms with Crippen molar-refractivity contribution >= 4 is 18.0 Å². The number of carboxylic acids is 1. The molecule has 1 aliphatic rings. The Kier molecular flexibility index (Phi) is 3.95. The lowest BCUT2D eigenvalue weighted by molar-refractivity contribution is -0.144. The molecule has 0 aliphatic carbocycles. The SMILES string of the molecule is O=C1O[C@H](c2ccc(O)cc2)[C@@H](C(=O)O)/C1=C\c1ccc(O)cc1. The van der Waals surface area contributed by atoms with Crippen molar-refractivity contribution in [2.45, 2.75) is 6.10 Å². The van der Waals surface area contributed by atoms with E-state index in [1.165, 1.54) is 42.5 Å². The Hall–Kier alpha value is -3.28. The van der Waals surface area contributed by atoms with Crippen molar-refractivity contribution < 1.29 is 29.6 Å². The van der Waals surface area contributed by atoms with Crippen LogP contribution in [0.15, 0.2) is 54.1 Å². The van der Waals surface area contributed by atoms with Crippen molar-refractivity contribution in [2.24, 2.45) is 5.92 Å². The summed E-state index contributed by atoms with van der Waals surface area (Å²) in [6.45, 7) is 0. The number of cyclic esters (lactones) is 1. The molecule has 6 heteroatoms.